The van der Waals surface area contributed by atoms with Gasteiger partial charge in [0, 0.05) is 29.8 Å². The molecule has 0 radical (unpaired) electrons. The van der Waals surface area contributed by atoms with Gasteiger partial charge in [-0.2, -0.15) is 4.98 Å². The first-order valence-corrected chi connectivity index (χ1v) is 12.1. The molecule has 0 spiro atoms. The summed E-state index contributed by atoms with van der Waals surface area (Å²) in [6.45, 7) is 3.00. The van der Waals surface area contributed by atoms with Crippen LogP contribution in [0.1, 0.15) is 28.7 Å². The Morgan fingerprint density at radius 2 is 1.72 bits per heavy atom. The van der Waals surface area contributed by atoms with E-state index in [2.05, 4.69) is 20.2 Å². The van der Waals surface area contributed by atoms with Gasteiger partial charge in [0.2, 0.25) is 0 Å². The quantitative estimate of drug-likeness (QED) is 0.339. The van der Waals surface area contributed by atoms with Gasteiger partial charge in [-0.3, -0.25) is 4.79 Å². The number of carbonyl (C=O) groups is 1. The van der Waals surface area contributed by atoms with Crippen molar-refractivity contribution in [3.63, 3.8) is 0 Å². The van der Waals surface area contributed by atoms with Gasteiger partial charge in [-0.1, -0.05) is 54.5 Å². The summed E-state index contributed by atoms with van der Waals surface area (Å²) in [5, 5.41) is 18.8. The van der Waals surface area contributed by atoms with E-state index in [1.165, 1.54) is 24.3 Å². The summed E-state index contributed by atoms with van der Waals surface area (Å²) in [6.07, 6.45) is -4.82. The lowest BCUT2D eigenvalue weighted by atomic mass is 9.62. The van der Waals surface area contributed by atoms with Crippen LogP contribution in [-0.4, -0.2) is 52.6 Å². The minimum absolute atomic E-state index is 0.0715. The summed E-state index contributed by atoms with van der Waals surface area (Å²) in [5.41, 5.74) is -0.328. The number of aliphatic hydroxyl groups is 1. The van der Waals surface area contributed by atoms with Crippen LogP contribution in [0.25, 0.3) is 11.5 Å². The lowest BCUT2D eigenvalue weighted by Crippen LogP contribution is -2.63. The molecule has 1 fully saturated rings. The summed E-state index contributed by atoms with van der Waals surface area (Å²) in [6, 6.07) is 20.9. The molecule has 1 saturated heterocycles. The molecule has 2 heterocycles. The van der Waals surface area contributed by atoms with Crippen LogP contribution in [0.5, 0.6) is 5.75 Å². The highest BCUT2D eigenvalue weighted by Gasteiger charge is 2.55. The number of anilines is 1. The van der Waals surface area contributed by atoms with Crippen molar-refractivity contribution < 1.29 is 32.3 Å². The molecule has 11 heteroatoms. The number of halogens is 3. The summed E-state index contributed by atoms with van der Waals surface area (Å²) in [4.78, 5) is 18.8. The zero-order valence-corrected chi connectivity index (χ0v) is 21.1. The van der Waals surface area contributed by atoms with Crippen LogP contribution < -0.4 is 10.1 Å². The number of carbonyl (C=O) groups excluding carboxylic acids is 1. The third-order valence-corrected chi connectivity index (χ3v) is 6.80. The standard InChI is InChI=1S/C28H25F3N4O4/c1-26(16-35(2)17-26)27(37,19-11-13-22(14-12-19)38-28(29,30)31)20-8-6-7-18(15-20)25-33-23(34-39-25)24(36)32-21-9-4-3-5-10-21/h3-15,37H,16-17H2,1-2H3,(H,32,36)/t27-/m0/s1. The maximum absolute atomic E-state index is 12.7. The van der Waals surface area contributed by atoms with Crippen molar-refractivity contribution in [2.24, 2.45) is 5.41 Å². The van der Waals surface area contributed by atoms with Gasteiger partial charge < -0.3 is 24.6 Å². The molecule has 8 nitrogen and oxygen atoms in total. The maximum Gasteiger partial charge on any atom is 0.573 e. The van der Waals surface area contributed by atoms with Gasteiger partial charge in [0.25, 0.3) is 17.6 Å². The van der Waals surface area contributed by atoms with E-state index in [1.807, 2.05) is 24.9 Å². The number of amides is 1. The van der Waals surface area contributed by atoms with E-state index in [4.69, 9.17) is 4.52 Å². The third-order valence-electron chi connectivity index (χ3n) is 6.80. The Balaban J connectivity index is 1.47. The van der Waals surface area contributed by atoms with Gasteiger partial charge in [0.15, 0.2) is 0 Å². The fraction of sp³-hybridized carbons (Fsp3) is 0.250. The van der Waals surface area contributed by atoms with E-state index in [0.29, 0.717) is 35.5 Å². The van der Waals surface area contributed by atoms with E-state index in [1.54, 1.807) is 48.5 Å². The first kappa shape index (κ1) is 26.4. The predicted molar refractivity (Wildman–Crippen MR) is 136 cm³/mol. The topological polar surface area (TPSA) is 101 Å². The number of benzene rings is 3. The molecule has 2 N–H and O–H groups in total. The lowest BCUT2D eigenvalue weighted by molar-refractivity contribution is -0.274. The molecular formula is C28H25F3N4O4. The first-order chi connectivity index (χ1) is 18.5. The molecular weight excluding hydrogens is 513 g/mol. The summed E-state index contributed by atoms with van der Waals surface area (Å²) < 4.78 is 47.4. The Bertz CT molecular complexity index is 1470. The van der Waals surface area contributed by atoms with Crippen LogP contribution in [0.3, 0.4) is 0 Å². The molecule has 1 atom stereocenters. The molecule has 1 aromatic heterocycles. The number of nitrogens with one attached hydrogen (secondary N) is 1. The minimum atomic E-state index is -4.82. The summed E-state index contributed by atoms with van der Waals surface area (Å²) in [7, 11) is 1.92. The number of rotatable bonds is 7. The molecule has 0 aliphatic carbocycles. The Kier molecular flexibility index (Phi) is 6.65. The van der Waals surface area contributed by atoms with Crippen LogP contribution in [-0.2, 0) is 5.60 Å². The van der Waals surface area contributed by atoms with E-state index in [9.17, 15) is 23.1 Å². The monoisotopic (exact) mass is 538 g/mol. The van der Waals surface area contributed by atoms with E-state index in [0.717, 1.165) is 0 Å². The number of nitrogens with zero attached hydrogens (tertiary/aromatic N) is 3. The van der Waals surface area contributed by atoms with Crippen LogP contribution in [0.15, 0.2) is 83.4 Å². The fourth-order valence-corrected chi connectivity index (χ4v) is 5.15. The number of likely N-dealkylation sites (tertiary alicyclic amines) is 1. The number of alkyl halides is 3. The maximum atomic E-state index is 12.7. The lowest BCUT2D eigenvalue weighted by Gasteiger charge is -2.56. The van der Waals surface area contributed by atoms with E-state index < -0.39 is 23.3 Å². The normalized spacial score (nSPS) is 16.7. The minimum Gasteiger partial charge on any atom is -0.406 e. The van der Waals surface area contributed by atoms with Crippen LogP contribution in [0.4, 0.5) is 18.9 Å². The average Bonchev–Trinajstić information content (AvgIpc) is 3.38. The van der Waals surface area contributed by atoms with E-state index >= 15 is 0 Å². The fourth-order valence-electron chi connectivity index (χ4n) is 5.15. The summed E-state index contributed by atoms with van der Waals surface area (Å²) in [5.74, 6) is -1.02. The first-order valence-electron chi connectivity index (χ1n) is 12.1. The second-order valence-electron chi connectivity index (χ2n) is 9.84. The highest BCUT2D eigenvalue weighted by molar-refractivity contribution is 6.01. The largest absolute Gasteiger partial charge is 0.573 e. The molecule has 5 rings (SSSR count). The van der Waals surface area contributed by atoms with Crippen LogP contribution >= 0.6 is 0 Å². The number of ether oxygens (including phenoxy) is 1. The molecule has 1 amide bonds. The molecule has 1 aliphatic heterocycles. The van der Waals surface area contributed by atoms with Gasteiger partial charge >= 0.3 is 6.36 Å². The number of hydrogen-bond donors (Lipinski definition) is 2. The highest BCUT2D eigenvalue weighted by atomic mass is 19.4. The molecule has 202 valence electrons. The van der Waals surface area contributed by atoms with Crippen molar-refractivity contribution >= 4 is 11.6 Å². The Labute approximate surface area is 222 Å². The molecule has 4 aromatic rings. The van der Waals surface area contributed by atoms with Crippen molar-refractivity contribution in [1.29, 1.82) is 0 Å². The van der Waals surface area contributed by atoms with Gasteiger partial charge in [0.05, 0.1) is 0 Å². The molecule has 3 aromatic carbocycles. The SMILES string of the molecule is CN1CC(C)([C@](O)(c2ccc(OC(F)(F)F)cc2)c2cccc(-c3nc(C(=O)Nc4ccccc4)no3)c2)C1. The highest BCUT2D eigenvalue weighted by Crippen LogP contribution is 2.50. The van der Waals surface area contributed by atoms with Crippen molar-refractivity contribution in [3.05, 3.63) is 95.8 Å². The van der Waals surface area contributed by atoms with Gasteiger partial charge in [0.1, 0.15) is 11.4 Å². The van der Waals surface area contributed by atoms with Crippen molar-refractivity contribution in [2.45, 2.75) is 18.9 Å². The zero-order valence-electron chi connectivity index (χ0n) is 21.1. The van der Waals surface area contributed by atoms with E-state index in [-0.39, 0.29) is 17.5 Å². The molecule has 1 aliphatic rings. The van der Waals surface area contributed by atoms with Crippen molar-refractivity contribution in [2.75, 3.05) is 25.5 Å². The number of hydrogen-bond acceptors (Lipinski definition) is 7. The Morgan fingerprint density at radius 3 is 2.36 bits per heavy atom. The smallest absolute Gasteiger partial charge is 0.406 e. The predicted octanol–water partition coefficient (Wildman–Crippen LogP) is 5.08. The Morgan fingerprint density at radius 1 is 1.03 bits per heavy atom. The molecule has 0 unspecified atom stereocenters. The van der Waals surface area contributed by atoms with Gasteiger partial charge in [-0.15, -0.1) is 13.2 Å². The second kappa shape index (κ2) is 9.83. The molecule has 39 heavy (non-hydrogen) atoms. The average molecular weight is 539 g/mol. The number of para-hydroxylation sites is 1. The Hall–Kier alpha value is -4.22. The van der Waals surface area contributed by atoms with Crippen LogP contribution in [0, 0.1) is 5.41 Å². The zero-order chi connectivity index (χ0) is 27.8. The van der Waals surface area contributed by atoms with Crippen molar-refractivity contribution in [1.82, 2.24) is 15.0 Å². The second-order valence-corrected chi connectivity index (χ2v) is 9.84. The van der Waals surface area contributed by atoms with Crippen molar-refractivity contribution in [3.8, 4) is 17.2 Å². The van der Waals surface area contributed by atoms with Gasteiger partial charge in [-0.25, -0.2) is 0 Å². The van der Waals surface area contributed by atoms with Gasteiger partial charge in [-0.05, 0) is 54.6 Å². The molecule has 0 bridgehead atoms. The summed E-state index contributed by atoms with van der Waals surface area (Å²) >= 11 is 0. The van der Waals surface area contributed by atoms with Crippen LogP contribution in [0.2, 0.25) is 0 Å². The number of aromatic nitrogens is 2. The third kappa shape index (κ3) is 5.23. The molecule has 0 saturated carbocycles.